The Morgan fingerprint density at radius 1 is 0.633 bits per heavy atom. The van der Waals surface area contributed by atoms with Crippen LogP contribution in [0.3, 0.4) is 0 Å². The van der Waals surface area contributed by atoms with Crippen LogP contribution < -0.4 is 37.9 Å². The van der Waals surface area contributed by atoms with E-state index in [0.29, 0.717) is 58.2 Å². The predicted molar refractivity (Wildman–Crippen MR) is 184 cm³/mol. The minimum absolute atomic E-state index is 0.0279. The van der Waals surface area contributed by atoms with Gasteiger partial charge in [0.1, 0.15) is 5.75 Å². The van der Waals surface area contributed by atoms with Crippen LogP contribution in [-0.2, 0) is 25.7 Å². The van der Waals surface area contributed by atoms with Crippen molar-refractivity contribution in [1.29, 1.82) is 0 Å². The molecule has 0 fully saturated rings. The summed E-state index contributed by atoms with van der Waals surface area (Å²) < 4.78 is 50.0. The lowest BCUT2D eigenvalue weighted by Crippen LogP contribution is -2.34. The minimum atomic E-state index is -0.0720. The van der Waals surface area contributed by atoms with Crippen LogP contribution in [0.4, 0.5) is 0 Å². The molecular formula is C39H42N2O8. The van der Waals surface area contributed by atoms with Gasteiger partial charge in [0.05, 0.1) is 28.4 Å². The van der Waals surface area contributed by atoms with E-state index in [1.807, 2.05) is 18.2 Å². The summed E-state index contributed by atoms with van der Waals surface area (Å²) in [5.41, 5.74) is 6.52. The molecule has 4 aromatic carbocycles. The van der Waals surface area contributed by atoms with Gasteiger partial charge in [-0.25, -0.2) is 0 Å². The first-order valence-corrected chi connectivity index (χ1v) is 16.7. The van der Waals surface area contributed by atoms with Crippen LogP contribution in [0.1, 0.15) is 45.5 Å². The monoisotopic (exact) mass is 666 g/mol. The third-order valence-corrected chi connectivity index (χ3v) is 10.4. The molecular weight excluding hydrogens is 624 g/mol. The van der Waals surface area contributed by atoms with E-state index in [1.54, 1.807) is 28.4 Å². The molecule has 4 heterocycles. The topological polar surface area (TPSA) is 80.3 Å². The van der Waals surface area contributed by atoms with Gasteiger partial charge in [0, 0.05) is 41.9 Å². The highest BCUT2D eigenvalue weighted by Crippen LogP contribution is 2.59. The van der Waals surface area contributed by atoms with Crippen LogP contribution in [0.25, 0.3) is 0 Å². The fourth-order valence-corrected chi connectivity index (χ4v) is 7.94. The summed E-state index contributed by atoms with van der Waals surface area (Å²) in [4.78, 5) is 4.75. The van der Waals surface area contributed by atoms with Gasteiger partial charge in [-0.1, -0.05) is 18.2 Å². The maximum Gasteiger partial charge on any atom is 0.231 e. The van der Waals surface area contributed by atoms with Crippen molar-refractivity contribution in [3.05, 3.63) is 81.9 Å². The maximum absolute atomic E-state index is 7.24. The zero-order valence-electron chi connectivity index (χ0n) is 28.9. The first-order chi connectivity index (χ1) is 23.9. The van der Waals surface area contributed by atoms with Crippen molar-refractivity contribution < 1.29 is 37.9 Å². The van der Waals surface area contributed by atoms with Gasteiger partial charge in [-0.3, -0.25) is 9.80 Å². The number of benzene rings is 4. The Morgan fingerprint density at radius 2 is 1.35 bits per heavy atom. The van der Waals surface area contributed by atoms with E-state index in [0.717, 1.165) is 71.5 Å². The molecule has 4 aliphatic heterocycles. The summed E-state index contributed by atoms with van der Waals surface area (Å²) in [6.07, 6.45) is 2.95. The van der Waals surface area contributed by atoms with E-state index in [9.17, 15) is 0 Å². The van der Waals surface area contributed by atoms with Gasteiger partial charge in [0.2, 0.25) is 24.0 Å². The Bertz CT molecular complexity index is 1930. The minimum Gasteiger partial charge on any atom is -0.493 e. The van der Waals surface area contributed by atoms with Crippen molar-refractivity contribution in [2.24, 2.45) is 0 Å². The number of likely N-dealkylation sites (N-methyl/N-ethyl adjacent to an activating group) is 2. The van der Waals surface area contributed by atoms with Gasteiger partial charge in [0.15, 0.2) is 34.5 Å². The molecule has 8 bridgehead atoms. The molecule has 0 amide bonds. The van der Waals surface area contributed by atoms with Crippen LogP contribution in [0.5, 0.6) is 57.5 Å². The number of hydrogen-bond acceptors (Lipinski definition) is 10. The Kier molecular flexibility index (Phi) is 8.08. The van der Waals surface area contributed by atoms with Gasteiger partial charge < -0.3 is 37.9 Å². The molecule has 4 aliphatic rings. The summed E-state index contributed by atoms with van der Waals surface area (Å²) in [6.45, 7) is 1.74. The first-order valence-electron chi connectivity index (χ1n) is 16.7. The fourth-order valence-electron chi connectivity index (χ4n) is 7.94. The molecule has 0 N–H and O–H groups in total. The zero-order valence-corrected chi connectivity index (χ0v) is 28.9. The first kappa shape index (κ1) is 31.5. The second kappa shape index (κ2) is 12.6. The summed E-state index contributed by atoms with van der Waals surface area (Å²) in [5.74, 6) is 6.32. The molecule has 0 aliphatic carbocycles. The second-order valence-corrected chi connectivity index (χ2v) is 13.1. The molecule has 10 nitrogen and oxygen atoms in total. The number of ether oxygens (including phenoxy) is 8. The van der Waals surface area contributed by atoms with Gasteiger partial charge in [-0.15, -0.1) is 0 Å². The molecule has 0 saturated heterocycles. The Hall–Kier alpha value is -4.80. The van der Waals surface area contributed by atoms with Gasteiger partial charge in [-0.2, -0.15) is 0 Å². The van der Waals surface area contributed by atoms with Gasteiger partial charge >= 0.3 is 0 Å². The maximum atomic E-state index is 7.24. The van der Waals surface area contributed by atoms with Crippen molar-refractivity contribution in [3.63, 3.8) is 0 Å². The largest absolute Gasteiger partial charge is 0.493 e. The lowest BCUT2D eigenvalue weighted by Gasteiger charge is -2.38. The van der Waals surface area contributed by atoms with Crippen LogP contribution in [0.2, 0.25) is 0 Å². The third-order valence-electron chi connectivity index (χ3n) is 10.4. The van der Waals surface area contributed by atoms with Crippen LogP contribution in [0, 0.1) is 0 Å². The average Bonchev–Trinajstić information content (AvgIpc) is 3.60. The quantitative estimate of drug-likeness (QED) is 0.230. The number of nitrogens with zero attached hydrogens (tertiary/aromatic N) is 2. The van der Waals surface area contributed by atoms with Crippen molar-refractivity contribution >= 4 is 0 Å². The summed E-state index contributed by atoms with van der Waals surface area (Å²) in [5, 5.41) is 0. The fraction of sp³-hybridized carbons (Fsp3) is 0.385. The zero-order chi connectivity index (χ0) is 33.8. The van der Waals surface area contributed by atoms with E-state index < -0.39 is 0 Å². The van der Waals surface area contributed by atoms with E-state index in [-0.39, 0.29) is 18.9 Å². The molecule has 0 radical (unpaired) electrons. The molecule has 49 heavy (non-hydrogen) atoms. The van der Waals surface area contributed by atoms with Crippen molar-refractivity contribution in [2.75, 3.05) is 62.4 Å². The summed E-state index contributed by atoms with van der Waals surface area (Å²) >= 11 is 0. The van der Waals surface area contributed by atoms with Crippen molar-refractivity contribution in [3.8, 4) is 57.5 Å². The molecule has 2 atom stereocenters. The summed E-state index contributed by atoms with van der Waals surface area (Å²) in [6, 6.07) is 16.5. The molecule has 256 valence electrons. The molecule has 10 heteroatoms. The highest BCUT2D eigenvalue weighted by Gasteiger charge is 2.40. The lowest BCUT2D eigenvalue weighted by atomic mass is 9.86. The third kappa shape index (κ3) is 5.25. The smallest absolute Gasteiger partial charge is 0.231 e. The van der Waals surface area contributed by atoms with E-state index in [1.165, 1.54) is 0 Å². The van der Waals surface area contributed by atoms with Gasteiger partial charge in [-0.05, 0) is 86.8 Å². The van der Waals surface area contributed by atoms with Gasteiger partial charge in [0.25, 0.3) is 0 Å². The molecule has 0 unspecified atom stereocenters. The molecule has 0 saturated carbocycles. The SMILES string of the molecule is COc1ccc2cc1Oc1cccc(c1)C[C@@H]1c3c(c(OC)c4c(c3Oc3c5c(cc(OC)c3OC)[C@H](C2)N(C)CC5)OCO4)CCN1C. The predicted octanol–water partition coefficient (Wildman–Crippen LogP) is 6.89. The van der Waals surface area contributed by atoms with Crippen molar-refractivity contribution in [2.45, 2.75) is 37.8 Å². The number of rotatable bonds is 4. The Balaban J connectivity index is 1.42. The van der Waals surface area contributed by atoms with Crippen LogP contribution in [0.15, 0.2) is 48.5 Å². The number of methoxy groups -OCH3 is 4. The standard InChI is InChI=1S/C39H42N2O8/c1-40-14-12-25-27-20-32(43-4)36(45-6)35(25)49-37-33-26(34(44-5)38-39(37)47-21-46-38)13-15-41(2)29(33)18-22-8-7-9-24(16-22)48-31-19-23(17-28(27)40)10-11-30(31)42-3/h7-11,16,19-20,28-29H,12-15,17-18,21H2,1-6H3/t28-,29+/m0/s1. The van der Waals surface area contributed by atoms with E-state index >= 15 is 0 Å². The normalized spacial score (nSPS) is 19.6. The highest BCUT2D eigenvalue weighted by molar-refractivity contribution is 5.72. The van der Waals surface area contributed by atoms with Crippen LogP contribution in [-0.4, -0.2) is 72.2 Å². The Morgan fingerprint density at radius 3 is 2.12 bits per heavy atom. The highest BCUT2D eigenvalue weighted by atomic mass is 16.7. The average molecular weight is 667 g/mol. The molecule has 4 aromatic rings. The van der Waals surface area contributed by atoms with Crippen LogP contribution >= 0.6 is 0 Å². The lowest BCUT2D eigenvalue weighted by molar-refractivity contribution is 0.169. The Labute approximate surface area is 286 Å². The van der Waals surface area contributed by atoms with E-state index in [4.69, 9.17) is 37.9 Å². The van der Waals surface area contributed by atoms with E-state index in [2.05, 4.69) is 54.2 Å². The summed E-state index contributed by atoms with van der Waals surface area (Å²) in [7, 11) is 11.0. The van der Waals surface area contributed by atoms with Crippen molar-refractivity contribution in [1.82, 2.24) is 9.80 Å². The number of hydrogen-bond donors (Lipinski definition) is 0. The number of fused-ring (bicyclic) bond motifs is 6. The molecule has 0 aromatic heterocycles. The molecule has 8 rings (SSSR count). The molecule has 0 spiro atoms. The second-order valence-electron chi connectivity index (χ2n) is 13.1.